The van der Waals surface area contributed by atoms with Crippen molar-refractivity contribution in [1.82, 2.24) is 15.3 Å². The van der Waals surface area contributed by atoms with Gasteiger partial charge in [-0.25, -0.2) is 9.37 Å². The van der Waals surface area contributed by atoms with Crippen molar-refractivity contribution in [2.75, 3.05) is 11.9 Å². The molecule has 3 aromatic rings. The fraction of sp³-hybridized carbons (Fsp3) is 0.211. The number of hydrogen-bond donors (Lipinski definition) is 4. The van der Waals surface area contributed by atoms with Crippen molar-refractivity contribution >= 4 is 22.6 Å². The largest absolute Gasteiger partial charge is 0.504 e. The smallest absolute Gasteiger partial charge is 0.274 e. The van der Waals surface area contributed by atoms with Crippen molar-refractivity contribution < 1.29 is 19.4 Å². The molecule has 0 aliphatic heterocycles. The maximum atomic E-state index is 13.0. The maximum Gasteiger partial charge on any atom is 0.274 e. The molecule has 0 saturated carbocycles. The number of nitrogens with one attached hydrogen (secondary N) is 2. The van der Waals surface area contributed by atoms with Crippen molar-refractivity contribution in [2.45, 2.75) is 19.5 Å². The van der Waals surface area contributed by atoms with Crippen LogP contribution in [0, 0.1) is 5.82 Å². The highest BCUT2D eigenvalue weighted by Gasteiger charge is 2.20. The van der Waals surface area contributed by atoms with Gasteiger partial charge < -0.3 is 20.8 Å². The lowest BCUT2D eigenvalue weighted by Crippen LogP contribution is -2.25. The Hall–Kier alpha value is -3.26. The SMILES string of the molecule is C[C@@H](CO)Nc1nc(C(=O)NCc2ccc(F)cc2)c(O)c2ncccc12. The number of aliphatic hydroxyl groups is 1. The van der Waals surface area contributed by atoms with Crippen molar-refractivity contribution in [3.8, 4) is 5.75 Å². The monoisotopic (exact) mass is 370 g/mol. The van der Waals surface area contributed by atoms with Crippen LogP contribution in [0.3, 0.4) is 0 Å². The number of rotatable bonds is 6. The molecule has 2 aromatic heterocycles. The van der Waals surface area contributed by atoms with Crippen LogP contribution in [0.5, 0.6) is 5.75 Å². The van der Waals surface area contributed by atoms with Gasteiger partial charge in [0.15, 0.2) is 11.4 Å². The van der Waals surface area contributed by atoms with Crippen LogP contribution in [0.1, 0.15) is 23.0 Å². The molecule has 1 atom stereocenters. The summed E-state index contributed by atoms with van der Waals surface area (Å²) in [5, 5.41) is 25.9. The molecular formula is C19H19FN4O3. The Balaban J connectivity index is 1.91. The number of benzene rings is 1. The molecule has 0 bridgehead atoms. The van der Waals surface area contributed by atoms with Gasteiger partial charge in [-0.2, -0.15) is 0 Å². The van der Waals surface area contributed by atoms with Crippen molar-refractivity contribution in [1.29, 1.82) is 0 Å². The van der Waals surface area contributed by atoms with Crippen LogP contribution in [0.15, 0.2) is 42.6 Å². The molecule has 2 heterocycles. The van der Waals surface area contributed by atoms with E-state index < -0.39 is 5.91 Å². The van der Waals surface area contributed by atoms with Gasteiger partial charge in [0.2, 0.25) is 0 Å². The van der Waals surface area contributed by atoms with Crippen molar-refractivity contribution in [2.24, 2.45) is 0 Å². The van der Waals surface area contributed by atoms with E-state index in [-0.39, 0.29) is 42.0 Å². The molecule has 140 valence electrons. The molecule has 0 fully saturated rings. The number of carbonyl (C=O) groups is 1. The number of aliphatic hydroxyl groups excluding tert-OH is 1. The maximum absolute atomic E-state index is 13.0. The molecule has 27 heavy (non-hydrogen) atoms. The van der Waals surface area contributed by atoms with E-state index in [2.05, 4.69) is 20.6 Å². The summed E-state index contributed by atoms with van der Waals surface area (Å²) in [6, 6.07) is 8.81. The molecule has 0 saturated heterocycles. The number of aromatic hydroxyl groups is 1. The van der Waals surface area contributed by atoms with Crippen LogP contribution in [0.4, 0.5) is 10.2 Å². The molecule has 1 amide bonds. The zero-order chi connectivity index (χ0) is 19.4. The first-order valence-electron chi connectivity index (χ1n) is 8.37. The van der Waals surface area contributed by atoms with Gasteiger partial charge in [-0.1, -0.05) is 12.1 Å². The summed E-state index contributed by atoms with van der Waals surface area (Å²) in [5.41, 5.74) is 0.749. The summed E-state index contributed by atoms with van der Waals surface area (Å²) >= 11 is 0. The molecule has 0 aliphatic rings. The first kappa shape index (κ1) is 18.5. The molecule has 3 rings (SSSR count). The predicted molar refractivity (Wildman–Crippen MR) is 98.9 cm³/mol. The van der Waals surface area contributed by atoms with Crippen molar-refractivity contribution in [3.05, 3.63) is 59.7 Å². The fourth-order valence-electron chi connectivity index (χ4n) is 2.54. The van der Waals surface area contributed by atoms with Gasteiger partial charge in [-0.3, -0.25) is 9.78 Å². The van der Waals surface area contributed by atoms with Gasteiger partial charge >= 0.3 is 0 Å². The van der Waals surface area contributed by atoms with Crippen LogP contribution in [-0.4, -0.2) is 38.7 Å². The Labute approximate surface area is 154 Å². The second-order valence-corrected chi connectivity index (χ2v) is 6.09. The molecule has 0 radical (unpaired) electrons. The average molecular weight is 370 g/mol. The van der Waals surface area contributed by atoms with Gasteiger partial charge in [-0.05, 0) is 36.8 Å². The highest BCUT2D eigenvalue weighted by atomic mass is 19.1. The zero-order valence-corrected chi connectivity index (χ0v) is 14.6. The Morgan fingerprint density at radius 1 is 1.26 bits per heavy atom. The van der Waals surface area contributed by atoms with Gasteiger partial charge in [-0.15, -0.1) is 0 Å². The van der Waals surface area contributed by atoms with E-state index in [0.29, 0.717) is 16.8 Å². The molecule has 1 aromatic carbocycles. The van der Waals surface area contributed by atoms with Gasteiger partial charge in [0.05, 0.1) is 6.61 Å². The average Bonchev–Trinajstić information content (AvgIpc) is 2.69. The van der Waals surface area contributed by atoms with E-state index >= 15 is 0 Å². The van der Waals surface area contributed by atoms with Crippen molar-refractivity contribution in [3.63, 3.8) is 0 Å². The van der Waals surface area contributed by atoms with Crippen LogP contribution in [0.2, 0.25) is 0 Å². The minimum absolute atomic E-state index is 0.129. The van der Waals surface area contributed by atoms with Crippen LogP contribution >= 0.6 is 0 Å². The summed E-state index contributed by atoms with van der Waals surface area (Å²) in [5.74, 6) is -0.948. The van der Waals surface area contributed by atoms with Gasteiger partial charge in [0.1, 0.15) is 17.2 Å². The number of amides is 1. The highest BCUT2D eigenvalue weighted by molar-refractivity contribution is 6.03. The first-order chi connectivity index (χ1) is 13.0. The number of hydrogen-bond acceptors (Lipinski definition) is 6. The molecule has 4 N–H and O–H groups in total. The molecule has 0 spiro atoms. The lowest BCUT2D eigenvalue weighted by molar-refractivity contribution is 0.0943. The summed E-state index contributed by atoms with van der Waals surface area (Å²) < 4.78 is 13.0. The Morgan fingerprint density at radius 2 is 2.00 bits per heavy atom. The number of pyridine rings is 2. The second kappa shape index (κ2) is 7.96. The van der Waals surface area contributed by atoms with Crippen LogP contribution in [0.25, 0.3) is 10.9 Å². The molecule has 8 heteroatoms. The number of fused-ring (bicyclic) bond motifs is 1. The fourth-order valence-corrected chi connectivity index (χ4v) is 2.54. The van der Waals surface area contributed by atoms with Gasteiger partial charge in [0, 0.05) is 24.2 Å². The quantitative estimate of drug-likeness (QED) is 0.530. The van der Waals surface area contributed by atoms with Crippen LogP contribution in [-0.2, 0) is 6.54 Å². The normalized spacial score (nSPS) is 12.0. The van der Waals surface area contributed by atoms with E-state index in [1.165, 1.54) is 18.3 Å². The van der Waals surface area contributed by atoms with E-state index in [1.807, 2.05) is 0 Å². The second-order valence-electron chi connectivity index (χ2n) is 6.09. The molecule has 0 aliphatic carbocycles. The third-order valence-corrected chi connectivity index (χ3v) is 3.97. The van der Waals surface area contributed by atoms with E-state index in [9.17, 15) is 19.4 Å². The number of halogens is 1. The molecule has 7 nitrogen and oxygen atoms in total. The summed E-state index contributed by atoms with van der Waals surface area (Å²) in [6.07, 6.45) is 1.50. The minimum atomic E-state index is -0.593. The zero-order valence-electron chi connectivity index (χ0n) is 14.6. The lowest BCUT2D eigenvalue weighted by Gasteiger charge is -2.16. The highest BCUT2D eigenvalue weighted by Crippen LogP contribution is 2.30. The Bertz CT molecular complexity index is 963. The minimum Gasteiger partial charge on any atom is -0.504 e. The summed E-state index contributed by atoms with van der Waals surface area (Å²) in [6.45, 7) is 1.78. The Morgan fingerprint density at radius 3 is 2.70 bits per heavy atom. The first-order valence-corrected chi connectivity index (χ1v) is 8.37. The Kier molecular flexibility index (Phi) is 5.46. The standard InChI is InChI=1S/C19H19FN4O3/c1-11(10-25)23-18-14-3-2-8-21-15(14)17(26)16(24-18)19(27)22-9-12-4-6-13(20)7-5-12/h2-8,11,25-26H,9-10H2,1H3,(H,22,27)(H,23,24)/t11-/m0/s1. The number of aromatic nitrogens is 2. The molecule has 0 unspecified atom stereocenters. The summed E-state index contributed by atoms with van der Waals surface area (Å²) in [4.78, 5) is 20.9. The lowest BCUT2D eigenvalue weighted by atomic mass is 10.1. The van der Waals surface area contributed by atoms with Crippen LogP contribution < -0.4 is 10.6 Å². The third kappa shape index (κ3) is 4.12. The predicted octanol–water partition coefficient (Wildman–Crippen LogP) is 2.20. The van der Waals surface area contributed by atoms with E-state index in [0.717, 1.165) is 0 Å². The van der Waals surface area contributed by atoms with Gasteiger partial charge in [0.25, 0.3) is 5.91 Å². The van der Waals surface area contributed by atoms with E-state index in [4.69, 9.17) is 0 Å². The topological polar surface area (TPSA) is 107 Å². The van der Waals surface area contributed by atoms with E-state index in [1.54, 1.807) is 31.2 Å². The number of anilines is 1. The third-order valence-electron chi connectivity index (χ3n) is 3.97. The number of carbonyl (C=O) groups excluding carboxylic acids is 1. The number of nitrogens with zero attached hydrogens (tertiary/aromatic N) is 2. The molecular weight excluding hydrogens is 351 g/mol. The summed E-state index contributed by atoms with van der Waals surface area (Å²) in [7, 11) is 0.